The van der Waals surface area contributed by atoms with Crippen LogP contribution in [-0.4, -0.2) is 31.1 Å². The van der Waals surface area contributed by atoms with Gasteiger partial charge in [0, 0.05) is 12.0 Å². The van der Waals surface area contributed by atoms with E-state index in [1.54, 1.807) is 0 Å². The standard InChI is InChI=1S/C19H19NO3/c1-14-8-10-15(11-9-14)12-19(18(21)22-2)13-23-17(20-19)16-6-4-3-5-7-16/h3-11H,12-13H2,1-2H3/t19-/m0/s1. The molecule has 0 saturated carbocycles. The van der Waals surface area contributed by atoms with Gasteiger partial charge in [0.05, 0.1) is 7.11 Å². The summed E-state index contributed by atoms with van der Waals surface area (Å²) in [4.78, 5) is 17.0. The Balaban J connectivity index is 1.94. The van der Waals surface area contributed by atoms with Gasteiger partial charge in [-0.05, 0) is 24.6 Å². The van der Waals surface area contributed by atoms with E-state index in [1.807, 2.05) is 61.5 Å². The molecule has 2 aromatic rings. The van der Waals surface area contributed by atoms with Crippen LogP contribution >= 0.6 is 0 Å². The van der Waals surface area contributed by atoms with Crippen molar-refractivity contribution in [3.05, 3.63) is 71.3 Å². The van der Waals surface area contributed by atoms with E-state index in [4.69, 9.17) is 9.47 Å². The molecule has 0 aliphatic carbocycles. The molecule has 0 amide bonds. The molecule has 1 heterocycles. The number of hydrogen-bond donors (Lipinski definition) is 0. The zero-order valence-corrected chi connectivity index (χ0v) is 13.3. The molecule has 1 aliphatic heterocycles. The van der Waals surface area contributed by atoms with E-state index in [-0.39, 0.29) is 12.6 Å². The van der Waals surface area contributed by atoms with Crippen LogP contribution in [-0.2, 0) is 20.7 Å². The summed E-state index contributed by atoms with van der Waals surface area (Å²) in [5, 5.41) is 0. The summed E-state index contributed by atoms with van der Waals surface area (Å²) in [7, 11) is 1.38. The molecular weight excluding hydrogens is 290 g/mol. The Bertz CT molecular complexity index is 722. The number of methoxy groups -OCH3 is 1. The second kappa shape index (κ2) is 6.24. The van der Waals surface area contributed by atoms with E-state index in [2.05, 4.69) is 4.99 Å². The van der Waals surface area contributed by atoms with Gasteiger partial charge in [0.2, 0.25) is 5.90 Å². The maximum atomic E-state index is 12.4. The Morgan fingerprint density at radius 3 is 2.52 bits per heavy atom. The number of esters is 1. The van der Waals surface area contributed by atoms with Crippen LogP contribution < -0.4 is 0 Å². The number of nitrogens with zero attached hydrogens (tertiary/aromatic N) is 1. The molecule has 0 bridgehead atoms. The molecule has 1 aliphatic rings. The summed E-state index contributed by atoms with van der Waals surface area (Å²) in [5.41, 5.74) is 2.05. The van der Waals surface area contributed by atoms with Crippen LogP contribution in [0.1, 0.15) is 16.7 Å². The molecule has 0 aromatic heterocycles. The van der Waals surface area contributed by atoms with E-state index in [1.165, 1.54) is 12.7 Å². The molecule has 0 radical (unpaired) electrons. The summed E-state index contributed by atoms with van der Waals surface area (Å²) < 4.78 is 10.7. The third-order valence-electron chi connectivity index (χ3n) is 3.97. The number of aliphatic imine (C=N–C) groups is 1. The largest absolute Gasteiger partial charge is 0.474 e. The smallest absolute Gasteiger partial charge is 0.337 e. The fraction of sp³-hybridized carbons (Fsp3) is 0.263. The molecule has 4 heteroatoms. The normalized spacial score (nSPS) is 19.8. The van der Waals surface area contributed by atoms with E-state index in [9.17, 15) is 4.79 Å². The number of carbonyl (C=O) groups excluding carboxylic acids is 1. The van der Waals surface area contributed by atoms with Gasteiger partial charge in [-0.25, -0.2) is 9.79 Å². The molecule has 0 fully saturated rings. The third-order valence-corrected chi connectivity index (χ3v) is 3.97. The van der Waals surface area contributed by atoms with Gasteiger partial charge in [-0.1, -0.05) is 48.0 Å². The molecular formula is C19H19NO3. The minimum Gasteiger partial charge on any atom is -0.474 e. The molecule has 1 atom stereocenters. The average molecular weight is 309 g/mol. The molecule has 23 heavy (non-hydrogen) atoms. The summed E-state index contributed by atoms with van der Waals surface area (Å²) in [6.45, 7) is 2.22. The molecule has 2 aromatic carbocycles. The van der Waals surface area contributed by atoms with Gasteiger partial charge in [-0.3, -0.25) is 0 Å². The minimum absolute atomic E-state index is 0.192. The highest BCUT2D eigenvalue weighted by atomic mass is 16.5. The molecule has 0 unspecified atom stereocenters. The van der Waals surface area contributed by atoms with Crippen molar-refractivity contribution in [1.29, 1.82) is 0 Å². The van der Waals surface area contributed by atoms with Crippen molar-refractivity contribution in [3.8, 4) is 0 Å². The SMILES string of the molecule is COC(=O)[C@]1(Cc2ccc(C)cc2)COC(c2ccccc2)=N1. The van der Waals surface area contributed by atoms with Gasteiger partial charge in [0.1, 0.15) is 6.61 Å². The van der Waals surface area contributed by atoms with Gasteiger partial charge >= 0.3 is 5.97 Å². The molecule has 3 rings (SSSR count). The second-order valence-electron chi connectivity index (χ2n) is 5.76. The number of carbonyl (C=O) groups is 1. The lowest BCUT2D eigenvalue weighted by Gasteiger charge is -2.21. The molecule has 0 N–H and O–H groups in total. The van der Waals surface area contributed by atoms with Crippen molar-refractivity contribution in [2.24, 2.45) is 4.99 Å². The van der Waals surface area contributed by atoms with Crippen LogP contribution in [0.5, 0.6) is 0 Å². The van der Waals surface area contributed by atoms with Crippen molar-refractivity contribution >= 4 is 11.9 Å². The first-order valence-corrected chi connectivity index (χ1v) is 7.55. The molecule has 0 saturated heterocycles. The number of aryl methyl sites for hydroxylation is 1. The van der Waals surface area contributed by atoms with Crippen molar-refractivity contribution in [2.45, 2.75) is 18.9 Å². The summed E-state index contributed by atoms with van der Waals surface area (Å²) in [5.74, 6) is 0.118. The van der Waals surface area contributed by atoms with Gasteiger partial charge in [0.15, 0.2) is 5.54 Å². The van der Waals surface area contributed by atoms with Crippen LogP contribution in [0.2, 0.25) is 0 Å². The Hall–Kier alpha value is -2.62. The van der Waals surface area contributed by atoms with Crippen molar-refractivity contribution in [2.75, 3.05) is 13.7 Å². The van der Waals surface area contributed by atoms with Crippen LogP contribution in [0.4, 0.5) is 0 Å². The monoisotopic (exact) mass is 309 g/mol. The van der Waals surface area contributed by atoms with Crippen LogP contribution in [0.15, 0.2) is 59.6 Å². The molecule has 4 nitrogen and oxygen atoms in total. The van der Waals surface area contributed by atoms with E-state index >= 15 is 0 Å². The van der Waals surface area contributed by atoms with Gasteiger partial charge in [0.25, 0.3) is 0 Å². The highest BCUT2D eigenvalue weighted by Gasteiger charge is 2.45. The minimum atomic E-state index is -1.02. The first kappa shape index (κ1) is 15.3. The molecule has 0 spiro atoms. The number of ether oxygens (including phenoxy) is 2. The third kappa shape index (κ3) is 3.11. The van der Waals surface area contributed by atoms with Gasteiger partial charge in [-0.15, -0.1) is 0 Å². The quantitative estimate of drug-likeness (QED) is 0.816. The number of benzene rings is 2. The second-order valence-corrected chi connectivity index (χ2v) is 5.76. The van der Waals surface area contributed by atoms with Crippen LogP contribution in [0.25, 0.3) is 0 Å². The van der Waals surface area contributed by atoms with Gasteiger partial charge < -0.3 is 9.47 Å². The highest BCUT2D eigenvalue weighted by Crippen LogP contribution is 2.28. The Kier molecular flexibility index (Phi) is 4.15. The van der Waals surface area contributed by atoms with Gasteiger partial charge in [-0.2, -0.15) is 0 Å². The topological polar surface area (TPSA) is 47.9 Å². The zero-order chi connectivity index (χ0) is 16.3. The zero-order valence-electron chi connectivity index (χ0n) is 13.3. The summed E-state index contributed by atoms with van der Waals surface area (Å²) >= 11 is 0. The van der Waals surface area contributed by atoms with E-state index < -0.39 is 5.54 Å². The Morgan fingerprint density at radius 2 is 1.87 bits per heavy atom. The fourth-order valence-corrected chi connectivity index (χ4v) is 2.68. The predicted octanol–water partition coefficient (Wildman–Crippen LogP) is 2.93. The van der Waals surface area contributed by atoms with E-state index in [0.29, 0.717) is 12.3 Å². The maximum absolute atomic E-state index is 12.4. The Labute approximate surface area is 135 Å². The Morgan fingerprint density at radius 1 is 1.17 bits per heavy atom. The first-order valence-electron chi connectivity index (χ1n) is 7.55. The lowest BCUT2D eigenvalue weighted by atomic mass is 9.92. The number of rotatable bonds is 4. The van der Waals surface area contributed by atoms with Crippen molar-refractivity contribution in [1.82, 2.24) is 0 Å². The lowest BCUT2D eigenvalue weighted by molar-refractivity contribution is -0.147. The van der Waals surface area contributed by atoms with Crippen LogP contribution in [0.3, 0.4) is 0 Å². The summed E-state index contributed by atoms with van der Waals surface area (Å²) in [6.07, 6.45) is 0.455. The lowest BCUT2D eigenvalue weighted by Crippen LogP contribution is -2.41. The average Bonchev–Trinajstić information content (AvgIpc) is 3.02. The fourth-order valence-electron chi connectivity index (χ4n) is 2.68. The number of hydrogen-bond acceptors (Lipinski definition) is 4. The van der Waals surface area contributed by atoms with E-state index in [0.717, 1.165) is 11.1 Å². The highest BCUT2D eigenvalue weighted by molar-refractivity contribution is 5.99. The predicted molar refractivity (Wildman–Crippen MR) is 88.6 cm³/mol. The van der Waals surface area contributed by atoms with Crippen molar-refractivity contribution < 1.29 is 14.3 Å². The first-order chi connectivity index (χ1) is 11.1. The molecule has 118 valence electrons. The summed E-state index contributed by atoms with van der Waals surface area (Å²) in [6, 6.07) is 17.7. The van der Waals surface area contributed by atoms with Crippen LogP contribution in [0, 0.1) is 6.92 Å². The maximum Gasteiger partial charge on any atom is 0.337 e. The van der Waals surface area contributed by atoms with Crippen molar-refractivity contribution in [3.63, 3.8) is 0 Å².